The molecule has 0 aliphatic carbocycles. The summed E-state index contributed by atoms with van der Waals surface area (Å²) in [5.74, 6) is 1.26. The highest BCUT2D eigenvalue weighted by molar-refractivity contribution is 7.83. The minimum atomic E-state index is -1.84. The summed E-state index contributed by atoms with van der Waals surface area (Å²) >= 11 is -1.84. The van der Waals surface area contributed by atoms with E-state index in [0.717, 1.165) is 5.56 Å². The van der Waals surface area contributed by atoms with Crippen molar-refractivity contribution in [3.05, 3.63) is 47.5 Å². The largest absolute Gasteiger partial charge is 0.505 e. The fourth-order valence-electron chi connectivity index (χ4n) is 3.80. The van der Waals surface area contributed by atoms with Crippen LogP contribution in [0.15, 0.2) is 45.2 Å². The van der Waals surface area contributed by atoms with Crippen LogP contribution in [0.3, 0.4) is 0 Å². The lowest BCUT2D eigenvalue weighted by molar-refractivity contribution is 0.0824. The number of phenols is 1. The van der Waals surface area contributed by atoms with Crippen LogP contribution in [0.4, 0.5) is 5.69 Å². The van der Waals surface area contributed by atoms with Gasteiger partial charge in [-0.25, -0.2) is 4.21 Å². The van der Waals surface area contributed by atoms with E-state index in [-0.39, 0.29) is 46.0 Å². The van der Waals surface area contributed by atoms with Crippen molar-refractivity contribution < 1.29 is 23.6 Å². The number of phenolic OH excluding ortho intramolecular Hbond substituents is 1. The normalized spacial score (nSPS) is 17.8. The number of hydrogen-bond acceptors (Lipinski definition) is 7. The average Bonchev–Trinajstić information content (AvgIpc) is 3.15. The monoisotopic (exact) mass is 499 g/mol. The van der Waals surface area contributed by atoms with Crippen LogP contribution in [0, 0.1) is 5.41 Å². The van der Waals surface area contributed by atoms with Crippen molar-refractivity contribution in [1.29, 1.82) is 0 Å². The minimum Gasteiger partial charge on any atom is -0.505 e. The zero-order chi connectivity index (χ0) is 25.3. The first-order valence-electron chi connectivity index (χ1n) is 11.1. The van der Waals surface area contributed by atoms with Crippen molar-refractivity contribution in [2.45, 2.75) is 26.8 Å². The highest BCUT2D eigenvalue weighted by Gasteiger charge is 2.32. The summed E-state index contributed by atoms with van der Waals surface area (Å²) in [6.45, 7) is 7.20. The van der Waals surface area contributed by atoms with Gasteiger partial charge in [-0.1, -0.05) is 32.9 Å². The molecule has 2 aliphatic rings. The van der Waals surface area contributed by atoms with E-state index in [1.54, 1.807) is 26.2 Å². The highest BCUT2D eigenvalue weighted by atomic mass is 32.2. The third-order valence-corrected chi connectivity index (χ3v) is 6.21. The Morgan fingerprint density at radius 3 is 2.46 bits per heavy atom. The molecule has 2 unspecified atom stereocenters. The number of para-hydroxylation sites is 1. The van der Waals surface area contributed by atoms with Gasteiger partial charge < -0.3 is 30.1 Å². The lowest BCUT2D eigenvalue weighted by atomic mass is 9.82. The van der Waals surface area contributed by atoms with Crippen LogP contribution in [0.2, 0.25) is 0 Å². The van der Waals surface area contributed by atoms with Crippen molar-refractivity contribution in [3.8, 4) is 17.2 Å². The Morgan fingerprint density at radius 1 is 1.09 bits per heavy atom. The van der Waals surface area contributed by atoms with E-state index in [0.29, 0.717) is 24.7 Å². The second kappa shape index (κ2) is 9.57. The van der Waals surface area contributed by atoms with Gasteiger partial charge in [-0.05, 0) is 35.2 Å². The molecule has 10 nitrogen and oxygen atoms in total. The zero-order valence-electron chi connectivity index (χ0n) is 20.3. The van der Waals surface area contributed by atoms with E-state index in [1.165, 1.54) is 11.0 Å². The van der Waals surface area contributed by atoms with Gasteiger partial charge in [0.25, 0.3) is 17.1 Å². The smallest absolute Gasteiger partial charge is 0.269 e. The van der Waals surface area contributed by atoms with Crippen LogP contribution in [0.5, 0.6) is 17.2 Å². The van der Waals surface area contributed by atoms with E-state index < -0.39 is 11.2 Å². The first-order chi connectivity index (χ1) is 16.5. The molecule has 35 heavy (non-hydrogen) atoms. The third kappa shape index (κ3) is 5.24. The summed E-state index contributed by atoms with van der Waals surface area (Å²) in [5.41, 5.74) is 1.04. The first-order valence-corrected chi connectivity index (χ1v) is 12.2. The number of ether oxygens (including phenoxy) is 2. The lowest BCUT2D eigenvalue weighted by Crippen LogP contribution is -2.41. The molecule has 11 heteroatoms. The van der Waals surface area contributed by atoms with Crippen LogP contribution < -0.4 is 20.1 Å². The van der Waals surface area contributed by atoms with E-state index >= 15 is 0 Å². The Kier molecular flexibility index (Phi) is 6.70. The summed E-state index contributed by atoms with van der Waals surface area (Å²) in [4.78, 5) is 13.8. The molecule has 0 radical (unpaired) electrons. The van der Waals surface area contributed by atoms with Gasteiger partial charge in [0.15, 0.2) is 28.9 Å². The fourth-order valence-corrected chi connectivity index (χ4v) is 4.43. The number of fused-ring (bicyclic) bond motifs is 1. The summed E-state index contributed by atoms with van der Waals surface area (Å²) in [6, 6.07) is 10.3. The van der Waals surface area contributed by atoms with E-state index in [4.69, 9.17) is 9.47 Å². The number of anilines is 1. The number of nitrogens with one attached hydrogen (secondary N) is 2. The number of nitrogens with zero attached hydrogens (tertiary/aromatic N) is 3. The summed E-state index contributed by atoms with van der Waals surface area (Å²) in [6.07, 6.45) is 0. The molecule has 2 aromatic rings. The van der Waals surface area contributed by atoms with Gasteiger partial charge in [-0.2, -0.15) is 0 Å². The molecule has 3 N–H and O–H groups in total. The Balaban J connectivity index is 1.61. The second-order valence-electron chi connectivity index (χ2n) is 9.48. The van der Waals surface area contributed by atoms with Gasteiger partial charge >= 0.3 is 0 Å². The summed E-state index contributed by atoms with van der Waals surface area (Å²) in [7, 11) is 3.20. The van der Waals surface area contributed by atoms with Gasteiger partial charge in [0.2, 0.25) is 0 Å². The van der Waals surface area contributed by atoms with Crippen molar-refractivity contribution >= 4 is 34.4 Å². The first kappa shape index (κ1) is 24.5. The highest BCUT2D eigenvalue weighted by Crippen LogP contribution is 2.38. The molecule has 1 amide bonds. The van der Waals surface area contributed by atoms with Gasteiger partial charge in [0.05, 0.1) is 17.3 Å². The van der Waals surface area contributed by atoms with Crippen molar-refractivity contribution in [2.24, 2.45) is 14.2 Å². The van der Waals surface area contributed by atoms with E-state index in [1.807, 2.05) is 18.2 Å². The van der Waals surface area contributed by atoms with E-state index in [2.05, 4.69) is 40.2 Å². The number of amidine groups is 2. The quantitative estimate of drug-likeness (QED) is 0.552. The number of carbonyl (C=O) groups excluding carboxylic acids is 1. The molecule has 0 fully saturated rings. The molecule has 0 bridgehead atoms. The molecule has 0 aromatic heterocycles. The standard InChI is InChI=1S/C24H29N5O5S/c1-24(2,3)20(14-9-10-17-18(13-14)34-12-11-33-17)26-22-21(27-35(32)28-22)25-16-8-6-7-15(19(16)30)23(31)29(4)5/h6-10,13,20,30H,11-12H2,1-5H3,(H,25,27)(H,26,28). The third-order valence-electron chi connectivity index (χ3n) is 5.54. The predicted molar refractivity (Wildman–Crippen MR) is 136 cm³/mol. The van der Waals surface area contributed by atoms with Gasteiger partial charge in [-0.15, -0.1) is 8.80 Å². The zero-order valence-corrected chi connectivity index (χ0v) is 21.1. The predicted octanol–water partition coefficient (Wildman–Crippen LogP) is 3.04. The minimum absolute atomic E-state index is 0.134. The molecular weight excluding hydrogens is 470 g/mol. The Labute approximate surface area is 206 Å². The number of benzene rings is 2. The molecular formula is C24H29N5O5S. The van der Waals surface area contributed by atoms with Crippen LogP contribution >= 0.6 is 0 Å². The van der Waals surface area contributed by atoms with Crippen molar-refractivity contribution in [3.63, 3.8) is 0 Å². The fraction of sp³-hybridized carbons (Fsp3) is 0.375. The van der Waals surface area contributed by atoms with Crippen LogP contribution in [0.25, 0.3) is 0 Å². The maximum atomic E-state index is 12.4. The maximum absolute atomic E-state index is 12.4. The summed E-state index contributed by atoms with van der Waals surface area (Å²) in [5, 5.41) is 17.0. The van der Waals surface area contributed by atoms with Crippen LogP contribution in [-0.4, -0.2) is 59.1 Å². The van der Waals surface area contributed by atoms with Crippen LogP contribution in [0.1, 0.15) is 42.7 Å². The molecule has 2 heterocycles. The number of carbonyl (C=O) groups is 1. The van der Waals surface area contributed by atoms with Crippen LogP contribution in [-0.2, 0) is 11.2 Å². The van der Waals surface area contributed by atoms with Gasteiger partial charge in [0.1, 0.15) is 13.2 Å². The molecule has 0 saturated heterocycles. The Morgan fingerprint density at radius 2 is 1.77 bits per heavy atom. The molecule has 186 valence electrons. The van der Waals surface area contributed by atoms with Gasteiger partial charge in [0, 0.05) is 14.1 Å². The number of aromatic hydroxyl groups is 1. The number of amides is 1. The van der Waals surface area contributed by atoms with Gasteiger partial charge in [-0.3, -0.25) is 4.79 Å². The Hall–Kier alpha value is -3.60. The molecule has 2 aromatic carbocycles. The second-order valence-corrected chi connectivity index (χ2v) is 10.3. The number of hydrogen-bond donors (Lipinski definition) is 3. The molecule has 4 rings (SSSR count). The molecule has 0 saturated carbocycles. The molecule has 2 aliphatic heterocycles. The van der Waals surface area contributed by atoms with Crippen molar-refractivity contribution in [1.82, 2.24) is 10.2 Å². The SMILES string of the molecule is CN(C)C(=O)c1cccc(NC2=NS(=O)N=C2NC(c2ccc3c(c2)OCCO3)C(C)(C)C)c1O. The van der Waals surface area contributed by atoms with E-state index in [9.17, 15) is 14.1 Å². The number of rotatable bonds is 4. The molecule has 2 atom stereocenters. The Bertz CT molecular complexity index is 1240. The van der Waals surface area contributed by atoms with Crippen molar-refractivity contribution in [2.75, 3.05) is 32.6 Å². The molecule has 0 spiro atoms. The lowest BCUT2D eigenvalue weighted by Gasteiger charge is -2.33. The summed E-state index contributed by atoms with van der Waals surface area (Å²) < 4.78 is 31.9. The average molecular weight is 500 g/mol. The maximum Gasteiger partial charge on any atom is 0.269 e. The topological polar surface area (TPSA) is 125 Å².